The minimum Gasteiger partial charge on any atom is -0.452 e. The topological polar surface area (TPSA) is 89.5 Å². The lowest BCUT2D eigenvalue weighted by Crippen LogP contribution is -2.39. The van der Waals surface area contributed by atoms with E-state index in [0.29, 0.717) is 11.5 Å². The normalized spacial score (nSPS) is 20.2. The zero-order chi connectivity index (χ0) is 21.3. The fraction of sp³-hybridized carbons (Fsp3) is 0.333. The number of rotatable bonds is 4. The van der Waals surface area contributed by atoms with Gasteiger partial charge in [0.15, 0.2) is 18.2 Å². The van der Waals surface area contributed by atoms with Gasteiger partial charge in [-0.05, 0) is 37.7 Å². The summed E-state index contributed by atoms with van der Waals surface area (Å²) in [6.07, 6.45) is 3.98. The summed E-state index contributed by atoms with van der Waals surface area (Å²) in [4.78, 5) is 50.6. The predicted molar refractivity (Wildman–Crippen MR) is 110 cm³/mol. The average Bonchev–Trinajstić information content (AvgIpc) is 2.77. The Balaban J connectivity index is 1.47. The van der Waals surface area contributed by atoms with E-state index >= 15 is 0 Å². The standard InChI is InChI=1S/C24H23NO5/c1-14-9-11-15(12-10-14)25-20(26)13-30-24(29)19-8-4-7-18-21(19)23(28)17-6-3-2-5-16(17)22(18)27/h2-8,14-15H,9-13H2,1H3,(H,25,26). The zero-order valence-electron chi connectivity index (χ0n) is 16.8. The molecule has 30 heavy (non-hydrogen) atoms. The van der Waals surface area contributed by atoms with Crippen LogP contribution < -0.4 is 5.32 Å². The molecule has 154 valence electrons. The first-order valence-corrected chi connectivity index (χ1v) is 10.2. The molecule has 1 amide bonds. The molecule has 0 aliphatic heterocycles. The van der Waals surface area contributed by atoms with Gasteiger partial charge < -0.3 is 10.1 Å². The molecular weight excluding hydrogens is 382 g/mol. The number of nitrogens with one attached hydrogen (secondary N) is 1. The highest BCUT2D eigenvalue weighted by Gasteiger charge is 2.33. The number of benzene rings is 2. The van der Waals surface area contributed by atoms with E-state index in [1.165, 1.54) is 18.2 Å². The predicted octanol–water partition coefficient (Wildman–Crippen LogP) is 3.31. The van der Waals surface area contributed by atoms with Crippen molar-refractivity contribution in [3.05, 3.63) is 70.3 Å². The first kappa shape index (κ1) is 20.0. The van der Waals surface area contributed by atoms with Crippen LogP contribution in [0.15, 0.2) is 42.5 Å². The SMILES string of the molecule is CC1CCC(NC(=O)COC(=O)c2cccc3c2C(=O)c2ccccc2C3=O)CC1. The van der Waals surface area contributed by atoms with Crippen LogP contribution in [-0.4, -0.2) is 36.1 Å². The number of hydrogen-bond acceptors (Lipinski definition) is 5. The Labute approximate surface area is 174 Å². The van der Waals surface area contributed by atoms with Crippen molar-refractivity contribution in [2.75, 3.05) is 6.61 Å². The number of ether oxygens (including phenoxy) is 1. The van der Waals surface area contributed by atoms with Gasteiger partial charge in [0.2, 0.25) is 0 Å². The van der Waals surface area contributed by atoms with Gasteiger partial charge in [0, 0.05) is 28.3 Å². The number of carbonyl (C=O) groups excluding carboxylic acids is 4. The minimum absolute atomic E-state index is 0.000329. The minimum atomic E-state index is -0.792. The largest absolute Gasteiger partial charge is 0.452 e. The highest BCUT2D eigenvalue weighted by atomic mass is 16.5. The molecule has 0 saturated heterocycles. The van der Waals surface area contributed by atoms with Crippen molar-refractivity contribution in [3.63, 3.8) is 0 Å². The van der Waals surface area contributed by atoms with Gasteiger partial charge in [0.1, 0.15) is 0 Å². The number of fused-ring (bicyclic) bond motifs is 2. The maximum absolute atomic E-state index is 13.0. The first-order valence-electron chi connectivity index (χ1n) is 10.2. The van der Waals surface area contributed by atoms with Crippen LogP contribution >= 0.6 is 0 Å². The Morgan fingerprint density at radius 1 is 0.900 bits per heavy atom. The number of ketones is 2. The second-order valence-electron chi connectivity index (χ2n) is 8.03. The lowest BCUT2D eigenvalue weighted by Gasteiger charge is -2.26. The lowest BCUT2D eigenvalue weighted by molar-refractivity contribution is -0.125. The molecule has 2 aromatic rings. The number of carbonyl (C=O) groups is 4. The average molecular weight is 405 g/mol. The van der Waals surface area contributed by atoms with Crippen molar-refractivity contribution in [1.82, 2.24) is 5.32 Å². The second kappa shape index (κ2) is 8.22. The molecule has 0 bridgehead atoms. The van der Waals surface area contributed by atoms with Gasteiger partial charge in [-0.15, -0.1) is 0 Å². The highest BCUT2D eigenvalue weighted by molar-refractivity contribution is 6.30. The summed E-state index contributed by atoms with van der Waals surface area (Å²) in [6, 6.07) is 11.1. The van der Waals surface area contributed by atoms with Crippen LogP contribution in [0.25, 0.3) is 0 Å². The molecule has 6 heteroatoms. The summed E-state index contributed by atoms with van der Waals surface area (Å²) in [5.74, 6) is -1.18. The van der Waals surface area contributed by atoms with Crippen LogP contribution in [0.3, 0.4) is 0 Å². The summed E-state index contributed by atoms with van der Waals surface area (Å²) >= 11 is 0. The molecule has 4 rings (SSSR count). The van der Waals surface area contributed by atoms with Crippen molar-refractivity contribution in [2.45, 2.75) is 38.6 Å². The second-order valence-corrected chi connectivity index (χ2v) is 8.03. The zero-order valence-corrected chi connectivity index (χ0v) is 16.8. The van der Waals surface area contributed by atoms with Gasteiger partial charge in [0.05, 0.1) is 5.56 Å². The molecule has 0 atom stereocenters. The molecular formula is C24H23NO5. The van der Waals surface area contributed by atoms with Gasteiger partial charge in [-0.3, -0.25) is 14.4 Å². The van der Waals surface area contributed by atoms with Gasteiger partial charge in [0.25, 0.3) is 5.91 Å². The summed E-state index contributed by atoms with van der Waals surface area (Å²) in [5.41, 5.74) is 0.794. The maximum Gasteiger partial charge on any atom is 0.339 e. The Kier molecular flexibility index (Phi) is 5.48. The van der Waals surface area contributed by atoms with Crippen LogP contribution in [0.1, 0.15) is 74.8 Å². The molecule has 0 unspecified atom stereocenters. The van der Waals surface area contributed by atoms with E-state index in [4.69, 9.17) is 4.74 Å². The quantitative estimate of drug-likeness (QED) is 0.673. The number of esters is 1. The smallest absolute Gasteiger partial charge is 0.339 e. The molecule has 2 aliphatic rings. The van der Waals surface area contributed by atoms with Crippen molar-refractivity contribution in [2.24, 2.45) is 5.92 Å². The third kappa shape index (κ3) is 3.77. The number of hydrogen-bond donors (Lipinski definition) is 1. The van der Waals surface area contributed by atoms with Crippen molar-refractivity contribution in [3.8, 4) is 0 Å². The van der Waals surface area contributed by atoms with Crippen LogP contribution in [0.2, 0.25) is 0 Å². The summed E-state index contributed by atoms with van der Waals surface area (Å²) in [7, 11) is 0. The van der Waals surface area contributed by atoms with Gasteiger partial charge >= 0.3 is 5.97 Å². The Hall–Kier alpha value is -3.28. The van der Waals surface area contributed by atoms with Gasteiger partial charge in [-0.1, -0.05) is 43.3 Å². The fourth-order valence-electron chi connectivity index (χ4n) is 4.20. The van der Waals surface area contributed by atoms with Gasteiger partial charge in [-0.25, -0.2) is 4.79 Å². The van der Waals surface area contributed by atoms with Crippen molar-refractivity contribution >= 4 is 23.4 Å². The van der Waals surface area contributed by atoms with E-state index in [1.807, 2.05) is 0 Å². The molecule has 2 aromatic carbocycles. The van der Waals surface area contributed by atoms with E-state index in [0.717, 1.165) is 25.7 Å². The first-order chi connectivity index (χ1) is 14.5. The maximum atomic E-state index is 13.0. The van der Waals surface area contributed by atoms with Crippen molar-refractivity contribution in [1.29, 1.82) is 0 Å². The van der Waals surface area contributed by atoms with E-state index in [2.05, 4.69) is 12.2 Å². The van der Waals surface area contributed by atoms with Crippen molar-refractivity contribution < 1.29 is 23.9 Å². The third-order valence-corrected chi connectivity index (χ3v) is 5.89. The Morgan fingerprint density at radius 3 is 2.23 bits per heavy atom. The van der Waals surface area contributed by atoms with Crippen LogP contribution in [0.4, 0.5) is 0 Å². The molecule has 1 N–H and O–H groups in total. The highest BCUT2D eigenvalue weighted by Crippen LogP contribution is 2.30. The number of amides is 1. The van der Waals surface area contributed by atoms with E-state index in [1.54, 1.807) is 24.3 Å². The fourth-order valence-corrected chi connectivity index (χ4v) is 4.20. The third-order valence-electron chi connectivity index (χ3n) is 5.89. The molecule has 1 saturated carbocycles. The Morgan fingerprint density at radius 2 is 1.53 bits per heavy atom. The molecule has 0 aromatic heterocycles. The molecule has 1 fully saturated rings. The summed E-state index contributed by atoms with van der Waals surface area (Å²) in [5, 5.41) is 2.90. The summed E-state index contributed by atoms with van der Waals surface area (Å²) < 4.78 is 5.18. The molecule has 0 radical (unpaired) electrons. The monoisotopic (exact) mass is 405 g/mol. The van der Waals surface area contributed by atoms with Crippen LogP contribution in [-0.2, 0) is 9.53 Å². The lowest BCUT2D eigenvalue weighted by atomic mass is 9.82. The van der Waals surface area contributed by atoms with Crippen LogP contribution in [0.5, 0.6) is 0 Å². The molecule has 2 aliphatic carbocycles. The van der Waals surface area contributed by atoms with Gasteiger partial charge in [-0.2, -0.15) is 0 Å². The van der Waals surface area contributed by atoms with Crippen LogP contribution in [0, 0.1) is 5.92 Å². The molecule has 0 heterocycles. The van der Waals surface area contributed by atoms with E-state index in [9.17, 15) is 19.2 Å². The van der Waals surface area contributed by atoms with E-state index in [-0.39, 0.29) is 40.0 Å². The van der Waals surface area contributed by atoms with E-state index < -0.39 is 18.4 Å². The molecule has 0 spiro atoms. The Bertz CT molecular complexity index is 1030. The molecule has 6 nitrogen and oxygen atoms in total. The summed E-state index contributed by atoms with van der Waals surface area (Å²) in [6.45, 7) is 1.78.